The van der Waals surface area contributed by atoms with Crippen LogP contribution in [0.5, 0.6) is 0 Å². The number of amides is 5. The van der Waals surface area contributed by atoms with Crippen LogP contribution in [-0.4, -0.2) is 140 Å². The van der Waals surface area contributed by atoms with Gasteiger partial charge >= 0.3 is 0 Å². The van der Waals surface area contributed by atoms with Gasteiger partial charge in [-0.15, -0.1) is 0 Å². The first-order valence-electron chi connectivity index (χ1n) is 27.1. The van der Waals surface area contributed by atoms with Gasteiger partial charge in [0.25, 0.3) is 5.92 Å². The summed E-state index contributed by atoms with van der Waals surface area (Å²) in [4.78, 5) is 92.4. The van der Waals surface area contributed by atoms with Crippen molar-refractivity contribution in [3.05, 3.63) is 60.0 Å². The third-order valence-electron chi connectivity index (χ3n) is 18.6. The summed E-state index contributed by atoms with van der Waals surface area (Å²) in [6.07, 6.45) is 13.6. The normalized spacial score (nSPS) is 28.9. The lowest BCUT2D eigenvalue weighted by atomic mass is 9.73. The van der Waals surface area contributed by atoms with Crippen LogP contribution in [-0.2, 0) is 29.4 Å². The Morgan fingerprint density at radius 3 is 2.32 bits per heavy atom. The van der Waals surface area contributed by atoms with Gasteiger partial charge in [0.05, 0.1) is 34.8 Å². The summed E-state index contributed by atoms with van der Waals surface area (Å²) >= 11 is 0. The van der Waals surface area contributed by atoms with Crippen LogP contribution in [0.4, 0.5) is 26.1 Å². The quantitative estimate of drug-likeness (QED) is 0.169. The van der Waals surface area contributed by atoms with Crippen molar-refractivity contribution in [2.24, 2.45) is 17.3 Å². The Bertz CT molecular complexity index is 2910. The molecule has 5 saturated heterocycles. The van der Waals surface area contributed by atoms with Crippen molar-refractivity contribution in [2.45, 2.75) is 139 Å². The van der Waals surface area contributed by atoms with Gasteiger partial charge in [0, 0.05) is 93.2 Å². The predicted octanol–water partition coefficient (Wildman–Crippen LogP) is 6.40. The van der Waals surface area contributed by atoms with Crippen molar-refractivity contribution in [3.63, 3.8) is 0 Å². The van der Waals surface area contributed by atoms with E-state index < -0.39 is 34.5 Å². The molecule has 3 unspecified atom stereocenters. The van der Waals surface area contributed by atoms with Crippen LogP contribution in [0.25, 0.3) is 22.3 Å². The average Bonchev–Trinajstić information content (AvgIpc) is 4.10. The van der Waals surface area contributed by atoms with Gasteiger partial charge in [0.1, 0.15) is 16.7 Å². The van der Waals surface area contributed by atoms with Crippen molar-refractivity contribution in [1.82, 2.24) is 39.5 Å². The molecule has 8 fully saturated rings. The van der Waals surface area contributed by atoms with Crippen molar-refractivity contribution in [3.8, 4) is 11.3 Å². The van der Waals surface area contributed by atoms with E-state index in [4.69, 9.17) is 9.97 Å². The number of alkyl halides is 2. The lowest BCUT2D eigenvalue weighted by Crippen LogP contribution is -2.59. The predicted molar refractivity (Wildman–Crippen MR) is 269 cm³/mol. The Morgan fingerprint density at radius 2 is 1.62 bits per heavy atom. The highest BCUT2D eigenvalue weighted by molar-refractivity contribution is 6.10. The number of benzene rings is 1. The highest BCUT2D eigenvalue weighted by atomic mass is 19.3. The van der Waals surface area contributed by atoms with Gasteiger partial charge in [-0.05, 0) is 127 Å². The number of hydrogen-bond acceptors (Lipinski definition) is 11. The molecule has 3 aliphatic carbocycles. The minimum absolute atomic E-state index is 0.0332. The molecule has 5 amide bonds. The fraction of sp³-hybridized carbons (Fsp3) is 0.600. The number of nitrogens with zero attached hydrogens (tertiary/aromatic N) is 9. The number of rotatable bonds is 10. The number of pyridine rings is 2. The molecule has 9 heterocycles. The first-order chi connectivity index (χ1) is 35.2. The number of halogens is 2. The van der Waals surface area contributed by atoms with Crippen molar-refractivity contribution in [2.75, 3.05) is 67.5 Å². The second-order valence-electron chi connectivity index (χ2n) is 23.1. The van der Waals surface area contributed by atoms with Gasteiger partial charge in [-0.2, -0.15) is 0 Å². The van der Waals surface area contributed by atoms with Gasteiger partial charge < -0.3 is 34.4 Å². The minimum atomic E-state index is -3.22. The SMILES string of the molecule is CC(C)n1cnc2cc(-c3ccc4c(c3)N([C@H]3C[C@@H](N5CCCCC5)C3)C(=O)C43CCN(C(=O)C45CN(C(=O)C6CCN(c7ccc(C8CCC(=O)NC8=O)cn7)CC6)CC4C5(F)F)CC3)nc(NC3CC3)c21. The Kier molecular flexibility index (Phi) is 11.1. The van der Waals surface area contributed by atoms with Crippen LogP contribution in [0.3, 0.4) is 0 Å². The Balaban J connectivity index is 0.705. The zero-order valence-corrected chi connectivity index (χ0v) is 41.8. The van der Waals surface area contributed by atoms with E-state index in [9.17, 15) is 19.2 Å². The van der Waals surface area contributed by atoms with Crippen molar-refractivity contribution >= 4 is 57.9 Å². The standard InChI is InChI=1S/C55H65F2N11O5/c1-32(2)67-31-59-42-27-41(61-48(47(42)67)60-36-8-9-36)34-6-11-40-43(24-34)68(38-25-37(26-38)63-18-4-3-5-19-63)51(72)53(40)16-22-65(23-17-53)52(73)54-30-66(29-44(54)55(54,56)57)50(71)33-14-20-64(21-15-33)45-12-7-35(28-58-45)39-10-13-46(69)62-49(39)70/h6-7,11-12,24,27-28,31-33,36-39,44H,3-5,8-10,13-23,25-26,29-30H2,1-2H3,(H,60,61)(H,62,69,70)/t37-,38+,39?,44?,54?. The molecular formula is C55H65F2N11O5. The molecule has 18 heteroatoms. The Morgan fingerprint density at radius 1 is 0.849 bits per heavy atom. The maximum Gasteiger partial charge on any atom is 0.270 e. The number of imide groups is 1. The summed E-state index contributed by atoms with van der Waals surface area (Å²) < 4.78 is 34.1. The Labute approximate surface area is 423 Å². The summed E-state index contributed by atoms with van der Waals surface area (Å²) in [5.41, 5.74) is 3.24. The number of imidazole rings is 1. The summed E-state index contributed by atoms with van der Waals surface area (Å²) in [5.74, 6) is -5.04. The van der Waals surface area contributed by atoms with E-state index >= 15 is 13.6 Å². The number of carbonyl (C=O) groups excluding carboxylic acids is 5. The second-order valence-corrected chi connectivity index (χ2v) is 23.1. The number of nitrogens with one attached hydrogen (secondary N) is 2. The topological polar surface area (TPSA) is 169 Å². The number of carbonyl (C=O) groups is 5. The first-order valence-corrected chi connectivity index (χ1v) is 27.1. The van der Waals surface area contributed by atoms with E-state index in [1.807, 2.05) is 24.5 Å². The smallest absolute Gasteiger partial charge is 0.270 e. The second kappa shape index (κ2) is 17.3. The lowest BCUT2D eigenvalue weighted by Gasteiger charge is -2.48. The van der Waals surface area contributed by atoms with Gasteiger partial charge in [0.15, 0.2) is 5.82 Å². The maximum atomic E-state index is 16.0. The molecule has 3 aromatic heterocycles. The molecule has 1 spiro atoms. The van der Waals surface area contributed by atoms with E-state index in [1.54, 1.807) is 11.1 Å². The number of anilines is 3. The van der Waals surface area contributed by atoms with Crippen molar-refractivity contribution in [1.29, 1.82) is 0 Å². The highest BCUT2D eigenvalue weighted by Gasteiger charge is 2.88. The molecule has 73 heavy (non-hydrogen) atoms. The van der Waals surface area contributed by atoms with E-state index in [0.29, 0.717) is 57.3 Å². The molecule has 0 radical (unpaired) electrons. The largest absolute Gasteiger partial charge is 0.366 e. The van der Waals surface area contributed by atoms with Gasteiger partial charge in [-0.1, -0.05) is 24.6 Å². The molecule has 0 bridgehead atoms. The van der Waals surface area contributed by atoms with E-state index in [0.717, 1.165) is 89.5 Å². The molecule has 16 nitrogen and oxygen atoms in total. The van der Waals surface area contributed by atoms with Gasteiger partial charge in [-0.3, -0.25) is 29.3 Å². The summed E-state index contributed by atoms with van der Waals surface area (Å²) in [5, 5.41) is 6.06. The highest BCUT2D eigenvalue weighted by Crippen LogP contribution is 2.70. The molecule has 3 saturated carbocycles. The van der Waals surface area contributed by atoms with Crippen LogP contribution in [0, 0.1) is 17.3 Å². The summed E-state index contributed by atoms with van der Waals surface area (Å²) in [6, 6.07) is 13.1. The molecule has 13 rings (SSSR count). The molecule has 4 aromatic rings. The first kappa shape index (κ1) is 46.7. The maximum absolute atomic E-state index is 16.0. The summed E-state index contributed by atoms with van der Waals surface area (Å²) in [7, 11) is 0. The number of aromatic nitrogens is 4. The van der Waals surface area contributed by atoms with Crippen molar-refractivity contribution < 1.29 is 32.8 Å². The van der Waals surface area contributed by atoms with E-state index in [-0.39, 0.29) is 74.2 Å². The number of fused-ring (bicyclic) bond motifs is 4. The molecular weight excluding hydrogens is 933 g/mol. The van der Waals surface area contributed by atoms with Crippen LogP contribution in [0.15, 0.2) is 48.9 Å². The van der Waals surface area contributed by atoms with Gasteiger partial charge in [0.2, 0.25) is 29.5 Å². The number of likely N-dealkylation sites (tertiary alicyclic amines) is 3. The monoisotopic (exact) mass is 998 g/mol. The molecule has 3 atom stereocenters. The molecule has 9 aliphatic rings. The lowest BCUT2D eigenvalue weighted by molar-refractivity contribution is -0.147. The van der Waals surface area contributed by atoms with E-state index in [1.165, 1.54) is 24.2 Å². The average molecular weight is 998 g/mol. The third-order valence-corrected chi connectivity index (χ3v) is 18.6. The van der Waals surface area contributed by atoms with Gasteiger partial charge in [-0.25, -0.2) is 23.7 Å². The molecule has 384 valence electrons. The van der Waals surface area contributed by atoms with E-state index in [2.05, 4.69) is 66.9 Å². The summed E-state index contributed by atoms with van der Waals surface area (Å²) in [6.45, 7) is 7.45. The molecule has 2 N–H and O–H groups in total. The fourth-order valence-electron chi connectivity index (χ4n) is 14.0. The minimum Gasteiger partial charge on any atom is -0.366 e. The van der Waals surface area contributed by atoms with Crippen LogP contribution in [0.2, 0.25) is 0 Å². The zero-order chi connectivity index (χ0) is 50.1. The Hall–Kier alpha value is -6.04. The number of hydrogen-bond donors (Lipinski definition) is 2. The molecule has 1 aromatic carbocycles. The number of piperidine rings is 5. The third kappa shape index (κ3) is 7.48. The zero-order valence-electron chi connectivity index (χ0n) is 41.8. The molecule has 6 aliphatic heterocycles. The van der Waals surface area contributed by atoms with Crippen LogP contribution >= 0.6 is 0 Å². The van der Waals surface area contributed by atoms with Crippen LogP contribution in [0.1, 0.15) is 120 Å². The van der Waals surface area contributed by atoms with Crippen LogP contribution < -0.4 is 20.4 Å². The fourth-order valence-corrected chi connectivity index (χ4v) is 14.0.